The minimum absolute atomic E-state index is 0.138. The van der Waals surface area contributed by atoms with Crippen LogP contribution in [0.15, 0.2) is 18.2 Å². The number of amides is 1. The smallest absolute Gasteiger partial charge is 0.220 e. The van der Waals surface area contributed by atoms with Crippen molar-refractivity contribution in [2.45, 2.75) is 24.9 Å². The monoisotopic (exact) mass is 277 g/mol. The highest BCUT2D eigenvalue weighted by Gasteiger charge is 2.35. The Morgan fingerprint density at radius 1 is 1.60 bits per heavy atom. The molecule has 3 N–H and O–H groups in total. The zero-order valence-corrected chi connectivity index (χ0v) is 11.0. The van der Waals surface area contributed by atoms with Crippen molar-refractivity contribution in [2.24, 2.45) is 5.73 Å². The lowest BCUT2D eigenvalue weighted by Gasteiger charge is -2.40. The molecule has 1 aromatic carbocycles. The number of primary amides is 1. The first-order valence-electron chi connectivity index (χ1n) is 6.39. The molecule has 1 amide bonds. The van der Waals surface area contributed by atoms with Crippen LogP contribution in [0.5, 0.6) is 0 Å². The molecule has 1 heterocycles. The Morgan fingerprint density at radius 3 is 2.95 bits per heavy atom. The minimum atomic E-state index is -1.22. The second-order valence-corrected chi connectivity index (χ2v) is 5.17. The maximum Gasteiger partial charge on any atom is 0.220 e. The van der Waals surface area contributed by atoms with E-state index in [1.165, 1.54) is 12.1 Å². The molecule has 1 atom stereocenters. The van der Waals surface area contributed by atoms with E-state index < -0.39 is 17.3 Å². The van der Waals surface area contributed by atoms with Crippen molar-refractivity contribution >= 4 is 11.6 Å². The first-order chi connectivity index (χ1) is 9.43. The normalized spacial score (nSPS) is 22.4. The molecule has 1 unspecified atom stereocenters. The van der Waals surface area contributed by atoms with E-state index >= 15 is 0 Å². The van der Waals surface area contributed by atoms with Crippen LogP contribution in [0.1, 0.15) is 24.8 Å². The quantitative estimate of drug-likeness (QED) is 0.859. The zero-order chi connectivity index (χ0) is 14.8. The molecule has 1 aromatic rings. The molecule has 1 aliphatic heterocycles. The van der Waals surface area contributed by atoms with Crippen molar-refractivity contribution in [3.05, 3.63) is 29.6 Å². The number of anilines is 1. The third-order valence-corrected chi connectivity index (χ3v) is 3.48. The van der Waals surface area contributed by atoms with Crippen molar-refractivity contribution in [1.82, 2.24) is 0 Å². The Hall–Kier alpha value is -2.13. The summed E-state index contributed by atoms with van der Waals surface area (Å²) in [5, 5.41) is 19.1. The lowest BCUT2D eigenvalue weighted by molar-refractivity contribution is -0.123. The van der Waals surface area contributed by atoms with Gasteiger partial charge in [0.2, 0.25) is 5.91 Å². The Morgan fingerprint density at radius 2 is 2.35 bits per heavy atom. The van der Waals surface area contributed by atoms with Crippen LogP contribution in [0.3, 0.4) is 0 Å². The number of benzene rings is 1. The van der Waals surface area contributed by atoms with Gasteiger partial charge in [0.25, 0.3) is 0 Å². The number of hydrogen-bond acceptors (Lipinski definition) is 4. The van der Waals surface area contributed by atoms with Gasteiger partial charge in [-0.3, -0.25) is 4.79 Å². The molecule has 5 nitrogen and oxygen atoms in total. The van der Waals surface area contributed by atoms with E-state index in [0.29, 0.717) is 25.1 Å². The number of carbonyl (C=O) groups excluding carboxylic acids is 1. The molecular formula is C14H16FN3O2. The molecule has 0 spiro atoms. The highest BCUT2D eigenvalue weighted by Crippen LogP contribution is 2.30. The van der Waals surface area contributed by atoms with Crippen LogP contribution in [0.25, 0.3) is 0 Å². The minimum Gasteiger partial charge on any atom is -0.388 e. The molecule has 1 saturated heterocycles. The number of nitrogens with zero attached hydrogens (tertiary/aromatic N) is 2. The van der Waals surface area contributed by atoms with Gasteiger partial charge in [-0.1, -0.05) is 0 Å². The molecule has 1 aliphatic rings. The van der Waals surface area contributed by atoms with Crippen LogP contribution in [0, 0.1) is 17.1 Å². The van der Waals surface area contributed by atoms with Gasteiger partial charge in [0.15, 0.2) is 0 Å². The number of carbonyl (C=O) groups is 1. The highest BCUT2D eigenvalue weighted by atomic mass is 19.1. The van der Waals surface area contributed by atoms with Crippen LogP contribution in [0.2, 0.25) is 0 Å². The van der Waals surface area contributed by atoms with Gasteiger partial charge in [-0.15, -0.1) is 0 Å². The van der Waals surface area contributed by atoms with Crippen LogP contribution in [-0.4, -0.2) is 29.7 Å². The number of aliphatic hydroxyl groups is 1. The Labute approximate surface area is 116 Å². The average Bonchev–Trinajstić information content (AvgIpc) is 2.36. The Bertz CT molecular complexity index is 570. The number of nitrogens with two attached hydrogens (primary N) is 1. The number of rotatable bonds is 3. The summed E-state index contributed by atoms with van der Waals surface area (Å²) in [6, 6.07) is 6.08. The Balaban J connectivity index is 2.21. The molecule has 20 heavy (non-hydrogen) atoms. The fourth-order valence-corrected chi connectivity index (χ4v) is 2.62. The molecule has 0 bridgehead atoms. The van der Waals surface area contributed by atoms with Crippen LogP contribution < -0.4 is 10.6 Å². The maximum absolute atomic E-state index is 14.0. The van der Waals surface area contributed by atoms with Gasteiger partial charge in [0.1, 0.15) is 5.82 Å². The van der Waals surface area contributed by atoms with E-state index in [9.17, 15) is 14.3 Å². The summed E-state index contributed by atoms with van der Waals surface area (Å²) in [6.07, 6.45) is 0.967. The summed E-state index contributed by atoms with van der Waals surface area (Å²) >= 11 is 0. The van der Waals surface area contributed by atoms with Crippen LogP contribution in [-0.2, 0) is 4.79 Å². The summed E-state index contributed by atoms with van der Waals surface area (Å²) in [5.41, 5.74) is 4.49. The van der Waals surface area contributed by atoms with Gasteiger partial charge >= 0.3 is 0 Å². The van der Waals surface area contributed by atoms with Gasteiger partial charge in [-0.05, 0) is 31.0 Å². The van der Waals surface area contributed by atoms with E-state index in [4.69, 9.17) is 11.0 Å². The number of β-amino-alcohol motifs (C(OH)–C–C–N with tert-alkyl or cyclic N) is 1. The molecule has 0 radical (unpaired) electrons. The molecular weight excluding hydrogens is 261 g/mol. The Kier molecular flexibility index (Phi) is 3.91. The van der Waals surface area contributed by atoms with Gasteiger partial charge in [-0.2, -0.15) is 5.26 Å². The molecule has 106 valence electrons. The number of piperidine rings is 1. The van der Waals surface area contributed by atoms with E-state index in [0.717, 1.165) is 6.07 Å². The SMILES string of the molecule is N#Cc1ccc(N2CCCC(O)(CC(N)=O)C2)c(F)c1. The second kappa shape index (κ2) is 5.47. The molecule has 6 heteroatoms. The van der Waals surface area contributed by atoms with Crippen molar-refractivity contribution in [2.75, 3.05) is 18.0 Å². The molecule has 2 rings (SSSR count). The van der Waals surface area contributed by atoms with Gasteiger partial charge in [0, 0.05) is 13.1 Å². The van der Waals surface area contributed by atoms with E-state index in [1.54, 1.807) is 4.90 Å². The van der Waals surface area contributed by atoms with Crippen molar-refractivity contribution in [3.8, 4) is 6.07 Å². The van der Waals surface area contributed by atoms with Gasteiger partial charge < -0.3 is 15.7 Å². The van der Waals surface area contributed by atoms with Crippen molar-refractivity contribution < 1.29 is 14.3 Å². The highest BCUT2D eigenvalue weighted by molar-refractivity contribution is 5.75. The third kappa shape index (κ3) is 3.06. The van der Waals surface area contributed by atoms with Crippen LogP contribution >= 0.6 is 0 Å². The van der Waals surface area contributed by atoms with Crippen LogP contribution in [0.4, 0.5) is 10.1 Å². The van der Waals surface area contributed by atoms with E-state index in [-0.39, 0.29) is 18.5 Å². The first-order valence-corrected chi connectivity index (χ1v) is 6.39. The van der Waals surface area contributed by atoms with E-state index in [2.05, 4.69) is 0 Å². The summed E-state index contributed by atoms with van der Waals surface area (Å²) in [7, 11) is 0. The second-order valence-electron chi connectivity index (χ2n) is 5.17. The topological polar surface area (TPSA) is 90.3 Å². The zero-order valence-electron chi connectivity index (χ0n) is 11.0. The molecule has 1 fully saturated rings. The molecule has 0 aromatic heterocycles. The van der Waals surface area contributed by atoms with Gasteiger partial charge in [-0.25, -0.2) is 4.39 Å². The summed E-state index contributed by atoms with van der Waals surface area (Å²) in [6.45, 7) is 0.739. The average molecular weight is 277 g/mol. The predicted octanol–water partition coefficient (Wildman–Crippen LogP) is 0.904. The molecule has 0 saturated carbocycles. The summed E-state index contributed by atoms with van der Waals surface area (Å²) < 4.78 is 14.0. The fraction of sp³-hybridized carbons (Fsp3) is 0.429. The van der Waals surface area contributed by atoms with E-state index in [1.807, 2.05) is 6.07 Å². The number of hydrogen-bond donors (Lipinski definition) is 2. The van der Waals surface area contributed by atoms with Crippen molar-refractivity contribution in [3.63, 3.8) is 0 Å². The number of nitriles is 1. The standard InChI is InChI=1S/C14H16FN3O2/c15-11-6-10(8-16)2-3-12(11)18-5-1-4-14(20,9-18)7-13(17)19/h2-3,6,20H,1,4-5,7,9H2,(H2,17,19). The lowest BCUT2D eigenvalue weighted by Crippen LogP contribution is -2.50. The van der Waals surface area contributed by atoms with Crippen molar-refractivity contribution in [1.29, 1.82) is 5.26 Å². The third-order valence-electron chi connectivity index (χ3n) is 3.48. The van der Waals surface area contributed by atoms with Gasteiger partial charge in [0.05, 0.1) is 29.3 Å². The first kappa shape index (κ1) is 14.3. The predicted molar refractivity (Wildman–Crippen MR) is 71.3 cm³/mol. The molecule has 0 aliphatic carbocycles. The maximum atomic E-state index is 14.0. The number of halogens is 1. The summed E-state index contributed by atoms with van der Waals surface area (Å²) in [4.78, 5) is 12.7. The largest absolute Gasteiger partial charge is 0.388 e. The summed E-state index contributed by atoms with van der Waals surface area (Å²) in [5.74, 6) is -1.08. The fourth-order valence-electron chi connectivity index (χ4n) is 2.62. The lowest BCUT2D eigenvalue weighted by atomic mass is 9.89.